The number of pyridine rings is 1. The van der Waals surface area contributed by atoms with E-state index in [2.05, 4.69) is 11.9 Å². The fraction of sp³-hybridized carbons (Fsp3) is 0.643. The van der Waals surface area contributed by atoms with Gasteiger partial charge in [-0.15, -0.1) is 0 Å². The maximum atomic E-state index is 10.5. The van der Waals surface area contributed by atoms with Crippen LogP contribution in [0.5, 0.6) is 0 Å². The summed E-state index contributed by atoms with van der Waals surface area (Å²) in [5, 5.41) is 10.5. The van der Waals surface area contributed by atoms with Crippen molar-refractivity contribution < 1.29 is 9.84 Å². The predicted octanol–water partition coefficient (Wildman–Crippen LogP) is 2.71. The molecule has 1 aliphatic rings. The summed E-state index contributed by atoms with van der Waals surface area (Å²) in [6.07, 6.45) is 7.05. The molecular weight excluding hydrogens is 214 g/mol. The highest BCUT2D eigenvalue weighted by Gasteiger charge is 2.42. The van der Waals surface area contributed by atoms with Gasteiger partial charge in [0, 0.05) is 25.1 Å². The Bertz CT molecular complexity index is 354. The summed E-state index contributed by atoms with van der Waals surface area (Å²) < 4.78 is 5.69. The lowest BCUT2D eigenvalue weighted by atomic mass is 9.74. The van der Waals surface area contributed by atoms with Gasteiger partial charge >= 0.3 is 0 Å². The van der Waals surface area contributed by atoms with Gasteiger partial charge in [-0.25, -0.2) is 0 Å². The maximum absolute atomic E-state index is 10.5. The van der Waals surface area contributed by atoms with Crippen LogP contribution in [-0.2, 0) is 4.74 Å². The van der Waals surface area contributed by atoms with Gasteiger partial charge in [0.25, 0.3) is 0 Å². The summed E-state index contributed by atoms with van der Waals surface area (Å²) in [6.45, 7) is 2.23. The number of ether oxygens (including phenoxy) is 1. The molecule has 17 heavy (non-hydrogen) atoms. The van der Waals surface area contributed by atoms with Crippen molar-refractivity contribution in [1.82, 2.24) is 4.98 Å². The van der Waals surface area contributed by atoms with Crippen LogP contribution in [0.15, 0.2) is 24.5 Å². The first kappa shape index (κ1) is 12.5. The molecule has 0 radical (unpaired) electrons. The molecular formula is C14H21NO2. The summed E-state index contributed by atoms with van der Waals surface area (Å²) >= 11 is 0. The second-order valence-corrected chi connectivity index (χ2v) is 5.16. The lowest BCUT2D eigenvalue weighted by molar-refractivity contribution is -0.134. The zero-order valence-electron chi connectivity index (χ0n) is 10.6. The van der Waals surface area contributed by atoms with Crippen LogP contribution >= 0.6 is 0 Å². The number of methoxy groups -OCH3 is 1. The normalized spacial score (nSPS) is 31.1. The van der Waals surface area contributed by atoms with E-state index in [0.29, 0.717) is 5.92 Å². The minimum atomic E-state index is -0.580. The molecule has 3 atom stereocenters. The Hall–Kier alpha value is -0.930. The molecule has 0 aromatic carbocycles. The number of rotatable bonds is 3. The highest BCUT2D eigenvalue weighted by molar-refractivity contribution is 5.16. The highest BCUT2D eigenvalue weighted by atomic mass is 16.5. The Morgan fingerprint density at radius 1 is 1.59 bits per heavy atom. The van der Waals surface area contributed by atoms with Crippen molar-refractivity contribution in [2.75, 3.05) is 7.11 Å². The zero-order chi connectivity index (χ0) is 12.3. The summed E-state index contributed by atoms with van der Waals surface area (Å²) in [5.74, 6) is 0.607. The number of hydrogen-bond donors (Lipinski definition) is 1. The minimum Gasteiger partial charge on any atom is -0.385 e. The minimum absolute atomic E-state index is 0.430. The number of aliphatic hydroxyl groups excluding tert-OH is 1. The molecule has 3 unspecified atom stereocenters. The second kappa shape index (κ2) is 5.15. The van der Waals surface area contributed by atoms with Crippen LogP contribution in [0.25, 0.3) is 0 Å². The first-order valence-electron chi connectivity index (χ1n) is 6.31. The van der Waals surface area contributed by atoms with Gasteiger partial charge in [0.05, 0.1) is 5.60 Å². The van der Waals surface area contributed by atoms with Gasteiger partial charge in [0.1, 0.15) is 6.10 Å². The lowest BCUT2D eigenvalue weighted by Gasteiger charge is -2.42. The lowest BCUT2D eigenvalue weighted by Crippen LogP contribution is -2.42. The molecule has 1 fully saturated rings. The van der Waals surface area contributed by atoms with E-state index in [9.17, 15) is 5.11 Å². The van der Waals surface area contributed by atoms with Gasteiger partial charge < -0.3 is 9.84 Å². The van der Waals surface area contributed by atoms with Crippen molar-refractivity contribution in [3.8, 4) is 0 Å². The van der Waals surface area contributed by atoms with Gasteiger partial charge in [-0.2, -0.15) is 0 Å². The maximum Gasteiger partial charge on any atom is 0.109 e. The fourth-order valence-electron chi connectivity index (χ4n) is 2.93. The van der Waals surface area contributed by atoms with Crippen LogP contribution in [0.4, 0.5) is 0 Å². The Morgan fingerprint density at radius 3 is 3.00 bits per heavy atom. The fourth-order valence-corrected chi connectivity index (χ4v) is 2.93. The van der Waals surface area contributed by atoms with Crippen LogP contribution in [0.2, 0.25) is 0 Å². The molecule has 0 amide bonds. The van der Waals surface area contributed by atoms with E-state index in [-0.39, 0.29) is 0 Å². The smallest absolute Gasteiger partial charge is 0.109 e. The first-order chi connectivity index (χ1) is 8.18. The second-order valence-electron chi connectivity index (χ2n) is 5.16. The summed E-state index contributed by atoms with van der Waals surface area (Å²) in [4.78, 5) is 4.07. The molecule has 0 bridgehead atoms. The molecule has 3 heteroatoms. The van der Waals surface area contributed by atoms with Crippen LogP contribution in [0.3, 0.4) is 0 Å². The highest BCUT2D eigenvalue weighted by Crippen LogP contribution is 2.42. The molecule has 1 aromatic heterocycles. The van der Waals surface area contributed by atoms with Crippen molar-refractivity contribution in [2.45, 2.75) is 44.3 Å². The average Bonchev–Trinajstić information content (AvgIpc) is 2.38. The monoisotopic (exact) mass is 235 g/mol. The molecule has 1 N–H and O–H groups in total. The van der Waals surface area contributed by atoms with E-state index in [1.54, 1.807) is 19.5 Å². The zero-order valence-corrected chi connectivity index (χ0v) is 10.6. The third-order valence-electron chi connectivity index (χ3n) is 3.90. The van der Waals surface area contributed by atoms with E-state index in [1.807, 2.05) is 12.1 Å². The Balaban J connectivity index is 2.23. The molecule has 1 heterocycles. The predicted molar refractivity (Wildman–Crippen MR) is 66.6 cm³/mol. The van der Waals surface area contributed by atoms with E-state index >= 15 is 0 Å². The van der Waals surface area contributed by atoms with Gasteiger partial charge in [-0.3, -0.25) is 4.98 Å². The van der Waals surface area contributed by atoms with E-state index in [0.717, 1.165) is 24.8 Å². The average molecular weight is 235 g/mol. The third kappa shape index (κ3) is 2.50. The number of nitrogens with zero attached hydrogens (tertiary/aromatic N) is 1. The van der Waals surface area contributed by atoms with E-state index in [4.69, 9.17) is 4.74 Å². The van der Waals surface area contributed by atoms with Crippen molar-refractivity contribution in [3.63, 3.8) is 0 Å². The summed E-state index contributed by atoms with van der Waals surface area (Å²) in [5.41, 5.74) is 0.421. The first-order valence-corrected chi connectivity index (χ1v) is 6.31. The quantitative estimate of drug-likeness (QED) is 0.876. The summed E-state index contributed by atoms with van der Waals surface area (Å²) in [6, 6.07) is 3.77. The SMILES string of the molecule is COC1(C(O)c2cccnc2)CCCC(C)C1. The number of aliphatic hydroxyl groups is 1. The van der Waals surface area contributed by atoms with Gasteiger partial charge in [-0.05, 0) is 24.8 Å². The molecule has 94 valence electrons. The van der Waals surface area contributed by atoms with Crippen molar-refractivity contribution in [1.29, 1.82) is 0 Å². The molecule has 1 aromatic rings. The van der Waals surface area contributed by atoms with Gasteiger partial charge in [-0.1, -0.05) is 25.8 Å². The number of hydrogen-bond acceptors (Lipinski definition) is 3. The van der Waals surface area contributed by atoms with Crippen molar-refractivity contribution in [2.24, 2.45) is 5.92 Å². The summed E-state index contributed by atoms with van der Waals surface area (Å²) in [7, 11) is 1.71. The molecule has 0 saturated heterocycles. The third-order valence-corrected chi connectivity index (χ3v) is 3.90. The van der Waals surface area contributed by atoms with Crippen LogP contribution in [0.1, 0.15) is 44.3 Å². The van der Waals surface area contributed by atoms with Crippen molar-refractivity contribution in [3.05, 3.63) is 30.1 Å². The standard InChI is InChI=1S/C14H21NO2/c1-11-5-3-7-14(9-11,17-2)13(16)12-6-4-8-15-10-12/h4,6,8,10-11,13,16H,3,5,7,9H2,1-2H3. The number of aromatic nitrogens is 1. The molecule has 1 aliphatic carbocycles. The molecule has 3 nitrogen and oxygen atoms in total. The Morgan fingerprint density at radius 2 is 2.41 bits per heavy atom. The Kier molecular flexibility index (Phi) is 3.79. The molecule has 0 aliphatic heterocycles. The molecule has 0 spiro atoms. The van der Waals surface area contributed by atoms with Crippen LogP contribution in [0, 0.1) is 5.92 Å². The van der Waals surface area contributed by atoms with E-state index < -0.39 is 11.7 Å². The molecule has 1 saturated carbocycles. The topological polar surface area (TPSA) is 42.4 Å². The van der Waals surface area contributed by atoms with Gasteiger partial charge in [0.15, 0.2) is 0 Å². The van der Waals surface area contributed by atoms with Gasteiger partial charge in [0.2, 0.25) is 0 Å². The van der Waals surface area contributed by atoms with Crippen LogP contribution < -0.4 is 0 Å². The van der Waals surface area contributed by atoms with E-state index in [1.165, 1.54) is 6.42 Å². The largest absolute Gasteiger partial charge is 0.385 e. The van der Waals surface area contributed by atoms with Crippen molar-refractivity contribution >= 4 is 0 Å². The Labute approximate surface area is 103 Å². The van der Waals surface area contributed by atoms with Crippen LogP contribution in [-0.4, -0.2) is 22.8 Å². The molecule has 2 rings (SSSR count).